The van der Waals surface area contributed by atoms with Gasteiger partial charge in [0.1, 0.15) is 19.3 Å². The first-order chi connectivity index (χ1) is 20.9. The van der Waals surface area contributed by atoms with Crippen LogP contribution in [0.15, 0.2) is 0 Å². The van der Waals surface area contributed by atoms with Crippen molar-refractivity contribution < 1.29 is 74.3 Å². The number of carbonyl (C=O) groups excluding carboxylic acids is 4. The molecule has 16 heteroatoms. The Balaban J connectivity index is 0. The van der Waals surface area contributed by atoms with Gasteiger partial charge in [-0.1, -0.05) is 20.8 Å². The van der Waals surface area contributed by atoms with Crippen molar-refractivity contribution in [2.24, 2.45) is 16.2 Å². The van der Waals surface area contributed by atoms with E-state index in [1.807, 2.05) is 20.8 Å². The highest BCUT2D eigenvalue weighted by Crippen LogP contribution is 2.35. The Hall–Kier alpha value is -2.78. The predicted octanol–water partition coefficient (Wildman–Crippen LogP) is 7.48. The van der Waals surface area contributed by atoms with Crippen molar-refractivity contribution in [3.05, 3.63) is 0 Å². The van der Waals surface area contributed by atoms with Gasteiger partial charge in [0, 0.05) is 6.42 Å². The maximum Gasteiger partial charge on any atom is 0.508 e. The molecule has 47 heavy (non-hydrogen) atoms. The van der Waals surface area contributed by atoms with Gasteiger partial charge in [0.2, 0.25) is 0 Å². The van der Waals surface area contributed by atoms with Gasteiger partial charge in [-0.05, 0) is 81.6 Å². The molecule has 0 aromatic carbocycles. The molecule has 0 amide bonds. The van der Waals surface area contributed by atoms with Crippen molar-refractivity contribution in [3.63, 3.8) is 0 Å². The number of hydrogen-bond acceptors (Lipinski definition) is 10. The van der Waals surface area contributed by atoms with E-state index in [-0.39, 0.29) is 19.2 Å². The molecule has 1 rings (SSSR count). The lowest BCUT2D eigenvalue weighted by atomic mass is 9.90. The fourth-order valence-corrected chi connectivity index (χ4v) is 2.69. The number of aliphatic hydroxyl groups is 1. The number of halogens is 6. The highest BCUT2D eigenvalue weighted by Gasteiger charge is 2.51. The molecule has 0 saturated carbocycles. The molecule has 0 bridgehead atoms. The van der Waals surface area contributed by atoms with Crippen molar-refractivity contribution in [1.29, 1.82) is 0 Å². The minimum Gasteiger partial charge on any atom is -0.462 e. The molecule has 10 nitrogen and oxygen atoms in total. The second-order valence-corrected chi connectivity index (χ2v) is 13.4. The summed E-state index contributed by atoms with van der Waals surface area (Å²) in [6.07, 6.45) is -12.5. The van der Waals surface area contributed by atoms with E-state index in [4.69, 9.17) is 14.2 Å². The van der Waals surface area contributed by atoms with E-state index in [2.05, 4.69) is 9.47 Å². The number of esters is 3. The number of hydrogen-bond donors (Lipinski definition) is 1. The second kappa shape index (κ2) is 18.1. The predicted molar refractivity (Wildman–Crippen MR) is 158 cm³/mol. The summed E-state index contributed by atoms with van der Waals surface area (Å²) in [6.45, 7) is 18.5. The third-order valence-electron chi connectivity index (χ3n) is 7.71. The molecule has 1 saturated heterocycles. The first-order valence-electron chi connectivity index (χ1n) is 15.2. The van der Waals surface area contributed by atoms with Crippen LogP contribution in [0.3, 0.4) is 0 Å². The van der Waals surface area contributed by atoms with Crippen LogP contribution in [0.1, 0.15) is 109 Å². The van der Waals surface area contributed by atoms with Crippen LogP contribution in [-0.4, -0.2) is 78.6 Å². The minimum absolute atomic E-state index is 0.0635. The number of alkyl halides is 6. The van der Waals surface area contributed by atoms with E-state index < -0.39 is 77.0 Å². The Morgan fingerprint density at radius 2 is 1.19 bits per heavy atom. The molecule has 0 aromatic rings. The van der Waals surface area contributed by atoms with Gasteiger partial charge in [-0.3, -0.25) is 14.4 Å². The molecule has 1 aliphatic rings. The summed E-state index contributed by atoms with van der Waals surface area (Å²) in [7, 11) is 0. The molecule has 1 N–H and O–H groups in total. The van der Waals surface area contributed by atoms with Crippen LogP contribution in [0.5, 0.6) is 0 Å². The summed E-state index contributed by atoms with van der Waals surface area (Å²) in [6, 6.07) is 0. The van der Waals surface area contributed by atoms with Crippen LogP contribution < -0.4 is 0 Å². The zero-order valence-electron chi connectivity index (χ0n) is 29.4. The normalized spacial score (nSPS) is 18.0. The van der Waals surface area contributed by atoms with Crippen molar-refractivity contribution in [3.8, 4) is 0 Å². The summed E-state index contributed by atoms with van der Waals surface area (Å²) in [5, 5.41) is 9.28. The summed E-state index contributed by atoms with van der Waals surface area (Å²) in [5.74, 6) is -1.66. The summed E-state index contributed by atoms with van der Waals surface area (Å²) in [5.41, 5.74) is -4.95. The van der Waals surface area contributed by atoms with Gasteiger partial charge in [0.15, 0.2) is 17.8 Å². The topological polar surface area (TPSA) is 135 Å². The molecule has 0 aliphatic carbocycles. The van der Waals surface area contributed by atoms with E-state index >= 15 is 0 Å². The van der Waals surface area contributed by atoms with Crippen molar-refractivity contribution in [2.75, 3.05) is 13.2 Å². The van der Waals surface area contributed by atoms with Crippen molar-refractivity contribution in [1.82, 2.24) is 0 Å². The van der Waals surface area contributed by atoms with E-state index in [0.717, 1.165) is 6.92 Å². The third-order valence-corrected chi connectivity index (χ3v) is 7.71. The smallest absolute Gasteiger partial charge is 0.462 e. The summed E-state index contributed by atoms with van der Waals surface area (Å²) in [4.78, 5) is 45.0. The Labute approximate surface area is 273 Å². The lowest BCUT2D eigenvalue weighted by Gasteiger charge is -2.30. The highest BCUT2D eigenvalue weighted by molar-refractivity contribution is 5.76. The fraction of sp³-hybridized carbons (Fsp3) is 0.871. The summed E-state index contributed by atoms with van der Waals surface area (Å²) >= 11 is 0. The largest absolute Gasteiger partial charge is 0.508 e. The lowest BCUT2D eigenvalue weighted by Crippen LogP contribution is -2.45. The highest BCUT2D eigenvalue weighted by atomic mass is 19.4. The van der Waals surface area contributed by atoms with Crippen LogP contribution in [0.2, 0.25) is 0 Å². The van der Waals surface area contributed by atoms with Crippen LogP contribution in [-0.2, 0) is 38.1 Å². The zero-order valence-corrected chi connectivity index (χ0v) is 29.4. The number of carbonyl (C=O) groups is 4. The molecule has 4 unspecified atom stereocenters. The molecule has 278 valence electrons. The van der Waals surface area contributed by atoms with Gasteiger partial charge in [-0.15, -0.1) is 0 Å². The van der Waals surface area contributed by atoms with Gasteiger partial charge < -0.3 is 28.8 Å². The number of cyclic esters (lactones) is 2. The Morgan fingerprint density at radius 1 is 0.787 bits per heavy atom. The summed E-state index contributed by atoms with van der Waals surface area (Å²) < 4.78 is 97.0. The minimum atomic E-state index is -4.74. The molecular formula is C31H52F6O10. The molecule has 0 spiro atoms. The molecule has 1 fully saturated rings. The van der Waals surface area contributed by atoms with Crippen LogP contribution in [0.4, 0.5) is 31.1 Å². The SMILES string of the molecule is CCC(C)(C)C(=O)OC(C)C(F)(F)F.CCC(C)(C)C(=O)OC(C)CC(C)(O)C(F)(F)F.CCC(C)(C)C(=O)OCC1COC(=O)O1. The molecule has 0 aromatic heterocycles. The van der Waals surface area contributed by atoms with Crippen LogP contribution >= 0.6 is 0 Å². The Morgan fingerprint density at radius 3 is 1.53 bits per heavy atom. The van der Waals surface area contributed by atoms with Gasteiger partial charge in [0.05, 0.1) is 16.2 Å². The Bertz CT molecular complexity index is 1020. The van der Waals surface area contributed by atoms with Gasteiger partial charge >= 0.3 is 36.4 Å². The molecular weight excluding hydrogens is 646 g/mol. The average Bonchev–Trinajstić information content (AvgIpc) is 3.35. The standard InChI is InChI=1S/C12H21F3O3.C10H16O5.C9H15F3O2/c1-6-10(3,4)9(16)18-8(2)7-11(5,17)12(13,14)15;1-4-10(2,3)8(11)13-5-7-6-14-9(12)15-7;1-5-8(3,4)7(13)14-6(2)9(10,11)12/h8,17H,6-7H2,1-5H3;7H,4-6H2,1-3H3;6H,5H2,1-4H3. The Kier molecular flexibility index (Phi) is 17.9. The fourth-order valence-electron chi connectivity index (χ4n) is 2.69. The van der Waals surface area contributed by atoms with Crippen LogP contribution in [0.25, 0.3) is 0 Å². The van der Waals surface area contributed by atoms with E-state index in [1.54, 1.807) is 41.5 Å². The van der Waals surface area contributed by atoms with E-state index in [1.165, 1.54) is 6.92 Å². The number of ether oxygens (including phenoxy) is 5. The zero-order chi connectivity index (χ0) is 37.8. The first-order valence-corrected chi connectivity index (χ1v) is 15.2. The van der Waals surface area contributed by atoms with Crippen molar-refractivity contribution in [2.45, 2.75) is 145 Å². The van der Waals surface area contributed by atoms with Gasteiger partial charge in [0.25, 0.3) is 0 Å². The quantitative estimate of drug-likeness (QED) is 0.124. The lowest BCUT2D eigenvalue weighted by molar-refractivity contribution is -0.261. The van der Waals surface area contributed by atoms with Gasteiger partial charge in [-0.25, -0.2) is 4.79 Å². The maximum atomic E-state index is 12.4. The van der Waals surface area contributed by atoms with E-state index in [9.17, 15) is 50.6 Å². The maximum absolute atomic E-state index is 12.4. The molecule has 4 atom stereocenters. The van der Waals surface area contributed by atoms with Gasteiger partial charge in [-0.2, -0.15) is 26.3 Å². The number of rotatable bonds is 12. The van der Waals surface area contributed by atoms with E-state index in [0.29, 0.717) is 26.2 Å². The molecule has 0 radical (unpaired) electrons. The third kappa shape index (κ3) is 16.7. The first kappa shape index (κ1) is 46.3. The van der Waals surface area contributed by atoms with Crippen molar-refractivity contribution >= 4 is 24.1 Å². The van der Waals surface area contributed by atoms with Crippen LogP contribution in [0, 0.1) is 16.2 Å². The molecule has 1 heterocycles. The average molecular weight is 699 g/mol. The monoisotopic (exact) mass is 698 g/mol. The second-order valence-electron chi connectivity index (χ2n) is 13.4. The molecule has 1 aliphatic heterocycles.